The lowest BCUT2D eigenvalue weighted by atomic mass is 10.1. The molecule has 1 amide bonds. The number of thiazole rings is 1. The summed E-state index contributed by atoms with van der Waals surface area (Å²) in [6.45, 7) is 1.83. The van der Waals surface area contributed by atoms with E-state index in [1.807, 2.05) is 60.8 Å². The van der Waals surface area contributed by atoms with Crippen LogP contribution in [-0.2, 0) is 4.79 Å². The molecule has 3 rings (SSSR count). The number of carbonyl (C=O) groups excluding carboxylic acids is 1. The molecule has 2 N–H and O–H groups in total. The summed E-state index contributed by atoms with van der Waals surface area (Å²) in [5, 5.41) is 8.94. The van der Waals surface area contributed by atoms with Crippen LogP contribution in [0.5, 0.6) is 5.75 Å². The summed E-state index contributed by atoms with van der Waals surface area (Å²) >= 11 is 1.53. The van der Waals surface area contributed by atoms with E-state index in [9.17, 15) is 4.79 Å². The minimum Gasteiger partial charge on any atom is -0.497 e. The highest BCUT2D eigenvalue weighted by atomic mass is 32.1. The first-order chi connectivity index (χ1) is 12.2. The quantitative estimate of drug-likeness (QED) is 0.661. The number of aromatic nitrogens is 1. The third-order valence-corrected chi connectivity index (χ3v) is 4.35. The SMILES string of the molecule is CCC(=O)Nc1cccc(-c2csc(Nc3cccc(OC)c3)n2)c1. The third kappa shape index (κ3) is 4.36. The van der Waals surface area contributed by atoms with E-state index < -0.39 is 0 Å². The summed E-state index contributed by atoms with van der Waals surface area (Å²) in [6, 6.07) is 15.4. The van der Waals surface area contributed by atoms with E-state index in [1.165, 1.54) is 11.3 Å². The molecule has 128 valence electrons. The van der Waals surface area contributed by atoms with Crippen molar-refractivity contribution in [3.63, 3.8) is 0 Å². The molecule has 1 aromatic heterocycles. The van der Waals surface area contributed by atoms with Gasteiger partial charge in [0.15, 0.2) is 5.13 Å². The number of nitrogens with one attached hydrogen (secondary N) is 2. The number of hydrogen-bond donors (Lipinski definition) is 2. The molecule has 0 saturated heterocycles. The summed E-state index contributed by atoms with van der Waals surface area (Å²) in [5.41, 5.74) is 3.52. The van der Waals surface area contributed by atoms with E-state index in [0.29, 0.717) is 6.42 Å². The highest BCUT2D eigenvalue weighted by Crippen LogP contribution is 2.29. The number of carbonyl (C=O) groups is 1. The van der Waals surface area contributed by atoms with E-state index >= 15 is 0 Å². The minimum absolute atomic E-state index is 0.00388. The maximum absolute atomic E-state index is 11.5. The van der Waals surface area contributed by atoms with Gasteiger partial charge in [0.25, 0.3) is 0 Å². The van der Waals surface area contributed by atoms with Gasteiger partial charge < -0.3 is 15.4 Å². The molecule has 25 heavy (non-hydrogen) atoms. The van der Waals surface area contributed by atoms with Crippen LogP contribution in [0.15, 0.2) is 53.9 Å². The van der Waals surface area contributed by atoms with Gasteiger partial charge in [-0.15, -0.1) is 11.3 Å². The van der Waals surface area contributed by atoms with Gasteiger partial charge in [-0.2, -0.15) is 0 Å². The number of nitrogens with zero attached hydrogens (tertiary/aromatic N) is 1. The number of anilines is 3. The molecule has 0 saturated carbocycles. The molecule has 2 aromatic carbocycles. The lowest BCUT2D eigenvalue weighted by Crippen LogP contribution is -2.09. The van der Waals surface area contributed by atoms with Crippen molar-refractivity contribution in [2.75, 3.05) is 17.7 Å². The van der Waals surface area contributed by atoms with E-state index in [1.54, 1.807) is 7.11 Å². The molecular formula is C19H19N3O2S. The fourth-order valence-corrected chi connectivity index (χ4v) is 3.03. The first kappa shape index (κ1) is 17.0. The van der Waals surface area contributed by atoms with Gasteiger partial charge in [-0.1, -0.05) is 25.1 Å². The van der Waals surface area contributed by atoms with Crippen molar-refractivity contribution in [3.05, 3.63) is 53.9 Å². The fraction of sp³-hybridized carbons (Fsp3) is 0.158. The molecule has 3 aromatic rings. The zero-order valence-electron chi connectivity index (χ0n) is 14.1. The lowest BCUT2D eigenvalue weighted by Gasteiger charge is -2.06. The van der Waals surface area contributed by atoms with Gasteiger partial charge in [0.1, 0.15) is 5.75 Å². The maximum Gasteiger partial charge on any atom is 0.224 e. The summed E-state index contributed by atoms with van der Waals surface area (Å²) in [5.74, 6) is 0.789. The van der Waals surface area contributed by atoms with Gasteiger partial charge in [-0.05, 0) is 24.3 Å². The van der Waals surface area contributed by atoms with Gasteiger partial charge in [-0.25, -0.2) is 4.98 Å². The Morgan fingerprint density at radius 3 is 2.76 bits per heavy atom. The average Bonchev–Trinajstić information content (AvgIpc) is 3.10. The van der Waals surface area contributed by atoms with Crippen LogP contribution in [0.1, 0.15) is 13.3 Å². The molecule has 0 radical (unpaired) electrons. The molecule has 0 bridgehead atoms. The predicted octanol–water partition coefficient (Wildman–Crippen LogP) is 4.91. The van der Waals surface area contributed by atoms with Crippen molar-refractivity contribution in [2.45, 2.75) is 13.3 Å². The molecule has 0 aliphatic carbocycles. The molecule has 6 heteroatoms. The molecule has 0 fully saturated rings. The van der Waals surface area contributed by atoms with Crippen LogP contribution in [0.2, 0.25) is 0 Å². The van der Waals surface area contributed by atoms with E-state index in [0.717, 1.165) is 33.5 Å². The Morgan fingerprint density at radius 2 is 1.96 bits per heavy atom. The highest BCUT2D eigenvalue weighted by molar-refractivity contribution is 7.14. The Hall–Kier alpha value is -2.86. The fourth-order valence-electron chi connectivity index (χ4n) is 2.29. The molecule has 0 atom stereocenters. The Labute approximate surface area is 150 Å². The second-order valence-corrected chi connectivity index (χ2v) is 6.24. The van der Waals surface area contributed by atoms with E-state index in [4.69, 9.17) is 4.74 Å². The molecule has 1 heterocycles. The second-order valence-electron chi connectivity index (χ2n) is 5.38. The third-order valence-electron chi connectivity index (χ3n) is 3.59. The smallest absolute Gasteiger partial charge is 0.224 e. The summed E-state index contributed by atoms with van der Waals surface area (Å²) < 4.78 is 5.23. The van der Waals surface area contributed by atoms with Crippen LogP contribution in [0, 0.1) is 0 Å². The van der Waals surface area contributed by atoms with Crippen molar-refractivity contribution >= 4 is 33.8 Å². The summed E-state index contributed by atoms with van der Waals surface area (Å²) in [4.78, 5) is 16.2. The van der Waals surface area contributed by atoms with Crippen molar-refractivity contribution in [1.82, 2.24) is 4.98 Å². The maximum atomic E-state index is 11.5. The number of ether oxygens (including phenoxy) is 1. The van der Waals surface area contributed by atoms with Crippen LogP contribution in [0.4, 0.5) is 16.5 Å². The van der Waals surface area contributed by atoms with Crippen molar-refractivity contribution in [2.24, 2.45) is 0 Å². The number of hydrogen-bond acceptors (Lipinski definition) is 5. The van der Waals surface area contributed by atoms with E-state index in [-0.39, 0.29) is 5.91 Å². The van der Waals surface area contributed by atoms with Crippen LogP contribution >= 0.6 is 11.3 Å². The topological polar surface area (TPSA) is 63.2 Å². The molecule has 0 aliphatic rings. The van der Waals surface area contributed by atoms with Crippen LogP contribution in [-0.4, -0.2) is 18.0 Å². The molecular weight excluding hydrogens is 334 g/mol. The van der Waals surface area contributed by atoms with E-state index in [2.05, 4.69) is 15.6 Å². The first-order valence-electron chi connectivity index (χ1n) is 7.95. The van der Waals surface area contributed by atoms with Gasteiger partial charge in [0, 0.05) is 34.8 Å². The van der Waals surface area contributed by atoms with Gasteiger partial charge in [0.2, 0.25) is 5.91 Å². The standard InChI is InChI=1S/C19H19N3O2S/c1-3-18(23)20-14-7-4-6-13(10-14)17-12-25-19(22-17)21-15-8-5-9-16(11-15)24-2/h4-12H,3H2,1-2H3,(H,20,23)(H,21,22). The number of amides is 1. The average molecular weight is 353 g/mol. The van der Waals surface area contributed by atoms with Gasteiger partial charge >= 0.3 is 0 Å². The summed E-state index contributed by atoms with van der Waals surface area (Å²) in [6.07, 6.45) is 0.454. The van der Waals surface area contributed by atoms with Crippen LogP contribution < -0.4 is 15.4 Å². The Balaban J connectivity index is 1.77. The summed E-state index contributed by atoms with van der Waals surface area (Å²) in [7, 11) is 1.64. The molecule has 0 spiro atoms. The zero-order valence-corrected chi connectivity index (χ0v) is 14.9. The monoisotopic (exact) mass is 353 g/mol. The van der Waals surface area contributed by atoms with Gasteiger partial charge in [-0.3, -0.25) is 4.79 Å². The number of rotatable bonds is 6. The van der Waals surface area contributed by atoms with Crippen molar-refractivity contribution in [1.29, 1.82) is 0 Å². The second kappa shape index (κ2) is 7.81. The molecule has 0 aliphatic heterocycles. The highest BCUT2D eigenvalue weighted by Gasteiger charge is 2.07. The van der Waals surface area contributed by atoms with Crippen LogP contribution in [0.25, 0.3) is 11.3 Å². The molecule has 5 nitrogen and oxygen atoms in total. The Bertz CT molecular complexity index is 876. The first-order valence-corrected chi connectivity index (χ1v) is 8.83. The van der Waals surface area contributed by atoms with Gasteiger partial charge in [0.05, 0.1) is 12.8 Å². The number of benzene rings is 2. The lowest BCUT2D eigenvalue weighted by molar-refractivity contribution is -0.115. The Kier molecular flexibility index (Phi) is 5.30. The molecule has 0 unspecified atom stereocenters. The van der Waals surface area contributed by atoms with Crippen LogP contribution in [0.3, 0.4) is 0 Å². The van der Waals surface area contributed by atoms with Crippen molar-refractivity contribution in [3.8, 4) is 17.0 Å². The Morgan fingerprint density at radius 1 is 1.16 bits per heavy atom. The zero-order chi connectivity index (χ0) is 17.6. The minimum atomic E-state index is -0.00388. The number of methoxy groups -OCH3 is 1. The largest absolute Gasteiger partial charge is 0.497 e. The predicted molar refractivity (Wildman–Crippen MR) is 103 cm³/mol. The normalized spacial score (nSPS) is 10.3. The van der Waals surface area contributed by atoms with Crippen molar-refractivity contribution < 1.29 is 9.53 Å².